The van der Waals surface area contributed by atoms with Gasteiger partial charge in [0, 0.05) is 50.4 Å². The Kier molecular flexibility index (Phi) is 7.04. The Hall–Kier alpha value is -2.85. The number of morpholine rings is 1. The highest BCUT2D eigenvalue weighted by molar-refractivity contribution is 5.65. The molecule has 4 rings (SSSR count). The molecule has 0 aromatic carbocycles. The van der Waals surface area contributed by atoms with Gasteiger partial charge in [-0.2, -0.15) is 5.10 Å². The molecule has 180 valence electrons. The molecule has 1 atom stereocenters. The van der Waals surface area contributed by atoms with Gasteiger partial charge in [-0.05, 0) is 51.3 Å². The highest BCUT2D eigenvalue weighted by Crippen LogP contribution is 2.32. The van der Waals surface area contributed by atoms with E-state index in [0.29, 0.717) is 13.1 Å². The van der Waals surface area contributed by atoms with Crippen molar-refractivity contribution in [1.29, 1.82) is 0 Å². The number of hydrogen-bond donors (Lipinski definition) is 3. The Morgan fingerprint density at radius 3 is 2.76 bits per heavy atom. The van der Waals surface area contributed by atoms with Gasteiger partial charge in [-0.3, -0.25) is 10.00 Å². The van der Waals surface area contributed by atoms with Crippen LogP contribution in [-0.4, -0.2) is 87.2 Å². The largest absolute Gasteiger partial charge is 0.465 e. The first kappa shape index (κ1) is 23.3. The van der Waals surface area contributed by atoms with Crippen LogP contribution < -0.4 is 10.2 Å². The normalized spacial score (nSPS) is 20.0. The molecule has 0 bridgehead atoms. The molecule has 2 aromatic rings. The van der Waals surface area contributed by atoms with Crippen LogP contribution in [0.4, 0.5) is 22.2 Å². The third kappa shape index (κ3) is 5.94. The van der Waals surface area contributed by atoms with Gasteiger partial charge in [-0.25, -0.2) is 9.78 Å². The lowest BCUT2D eigenvalue weighted by Gasteiger charge is -2.36. The number of anilines is 3. The number of rotatable bonds is 6. The van der Waals surface area contributed by atoms with E-state index >= 15 is 0 Å². The van der Waals surface area contributed by atoms with Gasteiger partial charge in [0.25, 0.3) is 0 Å². The van der Waals surface area contributed by atoms with Crippen molar-refractivity contribution in [1.82, 2.24) is 25.0 Å². The zero-order valence-corrected chi connectivity index (χ0v) is 19.8. The molecule has 33 heavy (non-hydrogen) atoms. The van der Waals surface area contributed by atoms with Gasteiger partial charge in [0.05, 0.1) is 19.4 Å². The van der Waals surface area contributed by atoms with E-state index in [1.165, 1.54) is 4.90 Å². The van der Waals surface area contributed by atoms with Gasteiger partial charge in [0.15, 0.2) is 0 Å². The van der Waals surface area contributed by atoms with Gasteiger partial charge in [-0.15, -0.1) is 0 Å². The molecule has 0 unspecified atom stereocenters. The molecular weight excluding hydrogens is 422 g/mol. The zero-order chi connectivity index (χ0) is 23.4. The standard InChI is InChI=1S/C23H35N7O3/c1-23(2,3)30(20-6-7-24-27-20)21-14-17(15-28-9-11-33-12-10-28)13-19(26-21)25-18-5-4-8-29(16-18)22(31)32/h6-7,13-14,18H,4-5,8-12,15-16H2,1-3H3,(H,24,27)(H,25,26)(H,31,32)/t18-/m0/s1. The smallest absolute Gasteiger partial charge is 0.407 e. The topological polar surface area (TPSA) is 110 Å². The lowest BCUT2D eigenvalue weighted by molar-refractivity contribution is 0.0342. The molecule has 2 aliphatic heterocycles. The number of likely N-dealkylation sites (tertiary alicyclic amines) is 1. The molecule has 0 aliphatic carbocycles. The fraction of sp³-hybridized carbons (Fsp3) is 0.609. The van der Waals surface area contributed by atoms with Crippen molar-refractivity contribution in [3.63, 3.8) is 0 Å². The van der Waals surface area contributed by atoms with Crippen LogP contribution in [-0.2, 0) is 11.3 Å². The first-order valence-electron chi connectivity index (χ1n) is 11.6. The summed E-state index contributed by atoms with van der Waals surface area (Å²) in [5.74, 6) is 2.46. The molecule has 0 radical (unpaired) electrons. The summed E-state index contributed by atoms with van der Waals surface area (Å²) in [6.07, 6.45) is 2.63. The van der Waals surface area contributed by atoms with E-state index < -0.39 is 6.09 Å². The lowest BCUT2D eigenvalue weighted by Crippen LogP contribution is -2.44. The predicted molar refractivity (Wildman–Crippen MR) is 127 cm³/mol. The second kappa shape index (κ2) is 9.96. The summed E-state index contributed by atoms with van der Waals surface area (Å²) in [5, 5.41) is 20.2. The third-order valence-electron chi connectivity index (χ3n) is 6.05. The number of pyridine rings is 1. The number of nitrogens with zero attached hydrogens (tertiary/aromatic N) is 5. The Labute approximate surface area is 194 Å². The van der Waals surface area contributed by atoms with E-state index in [2.05, 4.69) is 58.2 Å². The highest BCUT2D eigenvalue weighted by Gasteiger charge is 2.28. The summed E-state index contributed by atoms with van der Waals surface area (Å²) in [4.78, 5) is 22.4. The van der Waals surface area contributed by atoms with E-state index in [4.69, 9.17) is 9.72 Å². The molecular formula is C23H35N7O3. The molecule has 2 aromatic heterocycles. The number of carboxylic acid groups (broad SMARTS) is 1. The molecule has 10 nitrogen and oxygen atoms in total. The molecule has 0 saturated carbocycles. The summed E-state index contributed by atoms with van der Waals surface area (Å²) in [6, 6.07) is 6.20. The number of H-pyrrole nitrogens is 1. The second-order valence-corrected chi connectivity index (χ2v) is 9.77. The zero-order valence-electron chi connectivity index (χ0n) is 19.8. The molecule has 2 fully saturated rings. The van der Waals surface area contributed by atoms with Crippen LogP contribution in [0.1, 0.15) is 39.2 Å². The summed E-state index contributed by atoms with van der Waals surface area (Å²) < 4.78 is 5.51. The molecule has 10 heteroatoms. The van der Waals surface area contributed by atoms with Gasteiger partial charge < -0.3 is 25.0 Å². The fourth-order valence-electron chi connectivity index (χ4n) is 4.55. The van der Waals surface area contributed by atoms with E-state index in [1.54, 1.807) is 6.20 Å². The van der Waals surface area contributed by atoms with Gasteiger partial charge in [-0.1, -0.05) is 0 Å². The average Bonchev–Trinajstić information content (AvgIpc) is 3.27. The van der Waals surface area contributed by atoms with Crippen LogP contribution in [0.3, 0.4) is 0 Å². The maximum Gasteiger partial charge on any atom is 0.407 e. The van der Waals surface area contributed by atoms with Crippen molar-refractivity contribution in [3.05, 3.63) is 30.0 Å². The first-order chi connectivity index (χ1) is 15.8. The lowest BCUT2D eigenvalue weighted by atomic mass is 10.0. The number of piperidine rings is 1. The van der Waals surface area contributed by atoms with Crippen molar-refractivity contribution in [3.8, 4) is 0 Å². The average molecular weight is 458 g/mol. The maximum atomic E-state index is 11.5. The number of hydrogen-bond acceptors (Lipinski definition) is 7. The first-order valence-corrected chi connectivity index (χ1v) is 11.6. The Balaban J connectivity index is 1.65. The number of ether oxygens (including phenoxy) is 1. The van der Waals surface area contributed by atoms with E-state index in [0.717, 1.165) is 68.7 Å². The highest BCUT2D eigenvalue weighted by atomic mass is 16.5. The number of nitrogens with one attached hydrogen (secondary N) is 2. The minimum atomic E-state index is -0.866. The molecule has 0 spiro atoms. The van der Waals surface area contributed by atoms with Crippen molar-refractivity contribution < 1.29 is 14.6 Å². The summed E-state index contributed by atoms with van der Waals surface area (Å²) in [7, 11) is 0. The molecule has 1 amide bonds. The minimum Gasteiger partial charge on any atom is -0.465 e. The van der Waals surface area contributed by atoms with Crippen LogP contribution in [0.15, 0.2) is 24.4 Å². The van der Waals surface area contributed by atoms with Crippen molar-refractivity contribution in [2.24, 2.45) is 0 Å². The Morgan fingerprint density at radius 1 is 1.30 bits per heavy atom. The maximum absolute atomic E-state index is 11.5. The Bertz CT molecular complexity index is 923. The summed E-state index contributed by atoms with van der Waals surface area (Å²) in [6.45, 7) is 11.6. The van der Waals surface area contributed by atoms with Crippen LogP contribution in [0.2, 0.25) is 0 Å². The van der Waals surface area contributed by atoms with Crippen LogP contribution >= 0.6 is 0 Å². The quantitative estimate of drug-likeness (QED) is 0.607. The molecule has 2 aliphatic rings. The second-order valence-electron chi connectivity index (χ2n) is 9.77. The van der Waals surface area contributed by atoms with Gasteiger partial charge in [0.1, 0.15) is 17.5 Å². The van der Waals surface area contributed by atoms with E-state index in [-0.39, 0.29) is 11.6 Å². The van der Waals surface area contributed by atoms with Gasteiger partial charge in [0.2, 0.25) is 0 Å². The molecule has 3 N–H and O–H groups in total. The van der Waals surface area contributed by atoms with E-state index in [1.807, 2.05) is 6.07 Å². The molecule has 4 heterocycles. The van der Waals surface area contributed by atoms with Crippen molar-refractivity contribution >= 4 is 23.5 Å². The minimum absolute atomic E-state index is 0.0316. The van der Waals surface area contributed by atoms with Crippen LogP contribution in [0.5, 0.6) is 0 Å². The third-order valence-corrected chi connectivity index (χ3v) is 6.05. The summed E-state index contributed by atoms with van der Waals surface area (Å²) >= 11 is 0. The number of aromatic amines is 1. The number of amides is 1. The monoisotopic (exact) mass is 457 g/mol. The predicted octanol–water partition coefficient (Wildman–Crippen LogP) is 3.13. The number of carbonyl (C=O) groups is 1. The van der Waals surface area contributed by atoms with Crippen molar-refractivity contribution in [2.45, 2.75) is 51.7 Å². The van der Waals surface area contributed by atoms with Gasteiger partial charge >= 0.3 is 6.09 Å². The number of aromatic nitrogens is 3. The summed E-state index contributed by atoms with van der Waals surface area (Å²) in [5.41, 5.74) is 0.920. The SMILES string of the molecule is CC(C)(C)N(c1cc(CN2CCOCC2)cc(N[C@H]2CCCN(C(=O)O)C2)n1)c1ccn[nH]1. The van der Waals surface area contributed by atoms with Crippen molar-refractivity contribution in [2.75, 3.05) is 49.6 Å². The molecule has 2 saturated heterocycles. The van der Waals surface area contributed by atoms with Crippen LogP contribution in [0, 0.1) is 0 Å². The Morgan fingerprint density at radius 2 is 2.09 bits per heavy atom. The van der Waals surface area contributed by atoms with E-state index in [9.17, 15) is 9.90 Å². The van der Waals surface area contributed by atoms with Crippen LogP contribution in [0.25, 0.3) is 0 Å². The fourth-order valence-corrected chi connectivity index (χ4v) is 4.55.